The van der Waals surface area contributed by atoms with E-state index in [-0.39, 0.29) is 5.78 Å². The van der Waals surface area contributed by atoms with E-state index in [2.05, 4.69) is 10.2 Å². The maximum absolute atomic E-state index is 11.8. The number of nitrogens with one attached hydrogen (secondary N) is 1. The first kappa shape index (κ1) is 8.96. The summed E-state index contributed by atoms with van der Waals surface area (Å²) in [6.07, 6.45) is 1.45. The number of H-pyrrole nitrogens is 1. The third kappa shape index (κ3) is 1.42. The number of aryl methyl sites for hydroxylation is 1. The summed E-state index contributed by atoms with van der Waals surface area (Å²) in [5, 5.41) is 6.25. The maximum Gasteiger partial charge on any atom is 0.208 e. The van der Waals surface area contributed by atoms with Crippen LogP contribution in [0.5, 0.6) is 0 Å². The van der Waals surface area contributed by atoms with Crippen LogP contribution in [-0.4, -0.2) is 16.0 Å². The van der Waals surface area contributed by atoms with Gasteiger partial charge in [-0.3, -0.25) is 9.89 Å². The molecule has 0 aliphatic carbocycles. The van der Waals surface area contributed by atoms with Crippen LogP contribution >= 0.6 is 11.3 Å². The van der Waals surface area contributed by atoms with Crippen molar-refractivity contribution in [2.45, 2.75) is 6.92 Å². The smallest absolute Gasteiger partial charge is 0.208 e. The molecule has 0 saturated carbocycles. The molecule has 4 nitrogen and oxygen atoms in total. The zero-order valence-electron chi connectivity index (χ0n) is 7.57. The number of hydrogen-bond donors (Lipinski definition) is 2. The molecule has 3 N–H and O–H groups in total. The van der Waals surface area contributed by atoms with Crippen molar-refractivity contribution in [1.82, 2.24) is 10.2 Å². The van der Waals surface area contributed by atoms with E-state index in [0.717, 1.165) is 4.88 Å². The molecular formula is C9H9N3OS. The van der Waals surface area contributed by atoms with E-state index in [0.29, 0.717) is 16.3 Å². The second kappa shape index (κ2) is 3.26. The third-order valence-corrected chi connectivity index (χ3v) is 2.88. The number of nitrogen functional groups attached to an aromatic ring is 1. The molecule has 0 aliphatic heterocycles. The molecule has 0 aromatic carbocycles. The van der Waals surface area contributed by atoms with Gasteiger partial charge in [0.2, 0.25) is 5.78 Å². The van der Waals surface area contributed by atoms with Crippen molar-refractivity contribution >= 4 is 22.9 Å². The minimum Gasteiger partial charge on any atom is -0.383 e. The molecule has 14 heavy (non-hydrogen) atoms. The third-order valence-electron chi connectivity index (χ3n) is 1.88. The summed E-state index contributed by atoms with van der Waals surface area (Å²) in [6, 6.07) is 3.71. The molecule has 0 amide bonds. The number of nitrogens with zero attached hydrogens (tertiary/aromatic N) is 1. The predicted molar refractivity (Wildman–Crippen MR) is 55.5 cm³/mol. The zero-order valence-corrected chi connectivity index (χ0v) is 8.39. The Balaban J connectivity index is 2.38. The first-order chi connectivity index (χ1) is 6.68. The molecule has 0 atom stereocenters. The van der Waals surface area contributed by atoms with E-state index in [1.54, 1.807) is 6.07 Å². The van der Waals surface area contributed by atoms with Gasteiger partial charge in [-0.25, -0.2) is 0 Å². The van der Waals surface area contributed by atoms with E-state index in [1.165, 1.54) is 17.5 Å². The maximum atomic E-state index is 11.8. The molecule has 5 heteroatoms. The van der Waals surface area contributed by atoms with Gasteiger partial charge in [0.15, 0.2) is 0 Å². The van der Waals surface area contributed by atoms with E-state index in [4.69, 9.17) is 5.73 Å². The fourth-order valence-electron chi connectivity index (χ4n) is 1.17. The highest BCUT2D eigenvalue weighted by Crippen LogP contribution is 2.20. The number of nitrogens with two attached hydrogens (primary N) is 1. The summed E-state index contributed by atoms with van der Waals surface area (Å²) in [5.41, 5.74) is 5.99. The van der Waals surface area contributed by atoms with Crippen molar-refractivity contribution in [3.63, 3.8) is 0 Å². The molecule has 0 unspecified atom stereocenters. The van der Waals surface area contributed by atoms with Gasteiger partial charge in [0.25, 0.3) is 0 Å². The van der Waals surface area contributed by atoms with E-state index in [1.807, 2.05) is 13.0 Å². The first-order valence-corrected chi connectivity index (χ1v) is 4.90. The van der Waals surface area contributed by atoms with Gasteiger partial charge in [-0.05, 0) is 19.1 Å². The molecule has 0 aliphatic rings. The minimum absolute atomic E-state index is 0.0747. The summed E-state index contributed by atoms with van der Waals surface area (Å²) in [7, 11) is 0. The van der Waals surface area contributed by atoms with Crippen molar-refractivity contribution in [2.24, 2.45) is 0 Å². The number of thiophene rings is 1. The van der Waals surface area contributed by atoms with Gasteiger partial charge < -0.3 is 5.73 Å². The average Bonchev–Trinajstić information content (AvgIpc) is 2.73. The lowest BCUT2D eigenvalue weighted by molar-refractivity contribution is 0.104. The SMILES string of the molecule is Cc1ccc(C(=O)c2cn[nH]c2N)s1. The Morgan fingerprint density at radius 3 is 2.86 bits per heavy atom. The summed E-state index contributed by atoms with van der Waals surface area (Å²) < 4.78 is 0. The number of carbonyl (C=O) groups excluding carboxylic acids is 1. The Morgan fingerprint density at radius 1 is 1.57 bits per heavy atom. The summed E-state index contributed by atoms with van der Waals surface area (Å²) >= 11 is 1.46. The summed E-state index contributed by atoms with van der Waals surface area (Å²) in [5.74, 6) is 0.246. The van der Waals surface area contributed by atoms with Gasteiger partial charge in [-0.2, -0.15) is 5.10 Å². The van der Waals surface area contributed by atoms with Crippen LogP contribution in [-0.2, 0) is 0 Å². The normalized spacial score (nSPS) is 10.4. The molecule has 0 radical (unpaired) electrons. The van der Waals surface area contributed by atoms with Crippen LogP contribution in [0.1, 0.15) is 20.1 Å². The number of ketones is 1. The molecule has 72 valence electrons. The number of aromatic nitrogens is 2. The van der Waals surface area contributed by atoms with Crippen molar-refractivity contribution in [2.75, 3.05) is 5.73 Å². The Labute approximate surface area is 84.8 Å². The average molecular weight is 207 g/mol. The molecule has 0 saturated heterocycles. The summed E-state index contributed by atoms with van der Waals surface area (Å²) in [4.78, 5) is 13.6. The fraction of sp³-hybridized carbons (Fsp3) is 0.111. The highest BCUT2D eigenvalue weighted by molar-refractivity contribution is 7.14. The minimum atomic E-state index is -0.0747. The van der Waals surface area contributed by atoms with Crippen LogP contribution in [0.15, 0.2) is 18.3 Å². The monoisotopic (exact) mass is 207 g/mol. The lowest BCUT2D eigenvalue weighted by Gasteiger charge is -1.93. The first-order valence-electron chi connectivity index (χ1n) is 4.08. The topological polar surface area (TPSA) is 71.8 Å². The molecule has 0 fully saturated rings. The van der Waals surface area contributed by atoms with E-state index >= 15 is 0 Å². The molecule has 2 heterocycles. The Morgan fingerprint density at radius 2 is 2.36 bits per heavy atom. The van der Waals surface area contributed by atoms with Crippen LogP contribution in [0, 0.1) is 6.92 Å². The van der Waals surface area contributed by atoms with Gasteiger partial charge in [0.1, 0.15) is 5.82 Å². The highest BCUT2D eigenvalue weighted by atomic mass is 32.1. The Kier molecular flexibility index (Phi) is 2.09. The van der Waals surface area contributed by atoms with Crippen molar-refractivity contribution in [1.29, 1.82) is 0 Å². The van der Waals surface area contributed by atoms with Crippen molar-refractivity contribution < 1.29 is 4.79 Å². The number of anilines is 1. The predicted octanol–water partition coefficient (Wildman–Crippen LogP) is 1.59. The number of carbonyl (C=O) groups is 1. The number of aromatic amines is 1. The molecule has 2 rings (SSSR count). The fourth-order valence-corrected chi connectivity index (χ4v) is 1.99. The molecule has 2 aromatic rings. The van der Waals surface area contributed by atoms with Crippen LogP contribution in [0.25, 0.3) is 0 Å². The van der Waals surface area contributed by atoms with Gasteiger partial charge in [-0.15, -0.1) is 11.3 Å². The highest BCUT2D eigenvalue weighted by Gasteiger charge is 2.15. The van der Waals surface area contributed by atoms with Gasteiger partial charge in [-0.1, -0.05) is 0 Å². The number of hydrogen-bond acceptors (Lipinski definition) is 4. The molecule has 0 spiro atoms. The molecule has 0 bridgehead atoms. The lowest BCUT2D eigenvalue weighted by atomic mass is 10.2. The quantitative estimate of drug-likeness (QED) is 0.734. The van der Waals surface area contributed by atoms with E-state index < -0.39 is 0 Å². The second-order valence-corrected chi connectivity index (χ2v) is 4.22. The van der Waals surface area contributed by atoms with Crippen LogP contribution in [0.3, 0.4) is 0 Å². The van der Waals surface area contributed by atoms with E-state index in [9.17, 15) is 4.79 Å². The summed E-state index contributed by atoms with van der Waals surface area (Å²) in [6.45, 7) is 1.96. The lowest BCUT2D eigenvalue weighted by Crippen LogP contribution is -2.01. The van der Waals surface area contributed by atoms with Crippen LogP contribution < -0.4 is 5.73 Å². The van der Waals surface area contributed by atoms with Gasteiger partial charge >= 0.3 is 0 Å². The molecular weight excluding hydrogens is 198 g/mol. The Hall–Kier alpha value is -1.62. The van der Waals surface area contributed by atoms with Crippen LogP contribution in [0.4, 0.5) is 5.82 Å². The van der Waals surface area contributed by atoms with Gasteiger partial charge in [0.05, 0.1) is 16.6 Å². The largest absolute Gasteiger partial charge is 0.383 e. The zero-order chi connectivity index (χ0) is 10.1. The van der Waals surface area contributed by atoms with Gasteiger partial charge in [0, 0.05) is 4.88 Å². The van der Waals surface area contributed by atoms with Crippen molar-refractivity contribution in [3.05, 3.63) is 33.6 Å². The van der Waals surface area contributed by atoms with Crippen LogP contribution in [0.2, 0.25) is 0 Å². The molecule has 2 aromatic heterocycles. The Bertz CT molecular complexity index is 472. The standard InChI is InChI=1S/C9H9N3OS/c1-5-2-3-7(14-5)8(13)6-4-11-12-9(6)10/h2-4H,1H3,(H3,10,11,12). The second-order valence-electron chi connectivity index (χ2n) is 2.94. The van der Waals surface area contributed by atoms with Crippen molar-refractivity contribution in [3.8, 4) is 0 Å². The number of rotatable bonds is 2.